The van der Waals surface area contributed by atoms with Crippen LogP contribution in [0.5, 0.6) is 5.75 Å². The van der Waals surface area contributed by atoms with E-state index in [4.69, 9.17) is 9.47 Å². The van der Waals surface area contributed by atoms with Crippen LogP contribution in [-0.2, 0) is 11.3 Å². The molecule has 8 nitrogen and oxygen atoms in total. The fourth-order valence-electron chi connectivity index (χ4n) is 3.92. The second-order valence-corrected chi connectivity index (χ2v) is 8.32. The second kappa shape index (κ2) is 7.68. The lowest BCUT2D eigenvalue weighted by Crippen LogP contribution is -2.38. The zero-order valence-electron chi connectivity index (χ0n) is 17.3. The molecule has 4 aromatic rings. The second-order valence-electron chi connectivity index (χ2n) is 7.32. The highest BCUT2D eigenvalue weighted by Gasteiger charge is 2.32. The number of nitrogens with zero attached hydrogens (tertiary/aromatic N) is 2. The molecule has 3 aromatic heterocycles. The standard InChI is InChI=1S/C22H21N5O3S/c1-11-8-13(10-29-2)16-18-19(31-22(16)24-11)21(28)26-20(25-18)17-15(9-23-27-17)12-4-6-14(30-3)7-5-12/h4-9,20,25H,10H2,1-3H3,(H,23,27)(H,26,28)/t20-/m1/s1. The minimum absolute atomic E-state index is 0.141. The summed E-state index contributed by atoms with van der Waals surface area (Å²) in [6.45, 7) is 2.39. The molecule has 1 amide bonds. The summed E-state index contributed by atoms with van der Waals surface area (Å²) in [6, 6.07) is 9.73. The van der Waals surface area contributed by atoms with Crippen molar-refractivity contribution in [3.05, 3.63) is 58.4 Å². The maximum atomic E-state index is 13.0. The van der Waals surface area contributed by atoms with Gasteiger partial charge in [-0.3, -0.25) is 9.89 Å². The number of anilines is 1. The smallest absolute Gasteiger partial charge is 0.265 e. The SMILES string of the molecule is COCc1cc(C)nc2sc3c(c12)N[C@@H](c1[nH]ncc1-c1ccc(OC)cc1)NC3=O. The number of nitrogens with one attached hydrogen (secondary N) is 3. The third kappa shape index (κ3) is 3.31. The number of hydrogen-bond acceptors (Lipinski definition) is 7. The number of methoxy groups -OCH3 is 2. The predicted octanol–water partition coefficient (Wildman–Crippen LogP) is 4.00. The number of pyridine rings is 1. The van der Waals surface area contributed by atoms with Crippen LogP contribution >= 0.6 is 11.3 Å². The van der Waals surface area contributed by atoms with Crippen molar-refractivity contribution in [2.24, 2.45) is 0 Å². The molecule has 3 N–H and O–H groups in total. The van der Waals surface area contributed by atoms with Crippen LogP contribution < -0.4 is 15.4 Å². The summed E-state index contributed by atoms with van der Waals surface area (Å²) < 4.78 is 10.6. The van der Waals surface area contributed by atoms with E-state index in [1.165, 1.54) is 11.3 Å². The number of thiophene rings is 1. The summed E-state index contributed by atoms with van der Waals surface area (Å²) in [4.78, 5) is 19.1. The molecule has 0 unspecified atom stereocenters. The largest absolute Gasteiger partial charge is 0.497 e. The minimum Gasteiger partial charge on any atom is -0.497 e. The first kappa shape index (κ1) is 19.5. The summed E-state index contributed by atoms with van der Waals surface area (Å²) >= 11 is 1.39. The maximum Gasteiger partial charge on any atom is 0.265 e. The number of carbonyl (C=O) groups is 1. The number of carbonyl (C=O) groups excluding carboxylic acids is 1. The number of H-pyrrole nitrogens is 1. The Labute approximate surface area is 182 Å². The summed E-state index contributed by atoms with van der Waals surface area (Å²) in [6.07, 6.45) is 1.29. The Balaban J connectivity index is 1.57. The van der Waals surface area contributed by atoms with E-state index in [0.29, 0.717) is 11.5 Å². The molecule has 0 spiro atoms. The van der Waals surface area contributed by atoms with E-state index in [1.54, 1.807) is 20.4 Å². The average molecular weight is 436 g/mol. The first-order valence-corrected chi connectivity index (χ1v) is 10.6. The fourth-order valence-corrected chi connectivity index (χ4v) is 5.05. The highest BCUT2D eigenvalue weighted by atomic mass is 32.1. The molecule has 31 heavy (non-hydrogen) atoms. The molecule has 158 valence electrons. The van der Waals surface area contributed by atoms with Crippen molar-refractivity contribution < 1.29 is 14.3 Å². The van der Waals surface area contributed by atoms with Gasteiger partial charge in [0.25, 0.3) is 5.91 Å². The Bertz CT molecular complexity index is 1280. The Morgan fingerprint density at radius 2 is 1.97 bits per heavy atom. The Kier molecular flexibility index (Phi) is 4.84. The van der Waals surface area contributed by atoms with Gasteiger partial charge in [0.1, 0.15) is 21.6 Å². The molecule has 1 atom stereocenters. The van der Waals surface area contributed by atoms with Gasteiger partial charge in [0.2, 0.25) is 0 Å². The first-order chi connectivity index (χ1) is 15.1. The van der Waals surface area contributed by atoms with Crippen molar-refractivity contribution in [2.45, 2.75) is 19.7 Å². The van der Waals surface area contributed by atoms with E-state index < -0.39 is 6.17 Å². The minimum atomic E-state index is -0.464. The number of ether oxygens (including phenoxy) is 2. The average Bonchev–Trinajstić information content (AvgIpc) is 3.39. The van der Waals surface area contributed by atoms with Gasteiger partial charge in [-0.1, -0.05) is 12.1 Å². The van der Waals surface area contributed by atoms with Crippen molar-refractivity contribution in [3.63, 3.8) is 0 Å². The molecular formula is C22H21N5O3S. The lowest BCUT2D eigenvalue weighted by molar-refractivity contribution is 0.0939. The van der Waals surface area contributed by atoms with Crippen molar-refractivity contribution >= 4 is 33.1 Å². The number of fused-ring (bicyclic) bond motifs is 3. The van der Waals surface area contributed by atoms with Crippen molar-refractivity contribution in [2.75, 3.05) is 19.5 Å². The molecule has 1 aliphatic heterocycles. The number of benzene rings is 1. The lowest BCUT2D eigenvalue weighted by atomic mass is 10.0. The molecule has 1 aliphatic rings. The molecule has 0 radical (unpaired) electrons. The van der Waals surface area contributed by atoms with Crippen LogP contribution in [0.15, 0.2) is 36.5 Å². The third-order valence-electron chi connectivity index (χ3n) is 5.30. The zero-order chi connectivity index (χ0) is 21.5. The van der Waals surface area contributed by atoms with Gasteiger partial charge in [-0.2, -0.15) is 5.10 Å². The highest BCUT2D eigenvalue weighted by molar-refractivity contribution is 7.21. The highest BCUT2D eigenvalue weighted by Crippen LogP contribution is 2.42. The quantitative estimate of drug-likeness (QED) is 0.438. The normalized spacial score (nSPS) is 15.5. The third-order valence-corrected chi connectivity index (χ3v) is 6.38. The number of aromatic nitrogens is 3. The zero-order valence-corrected chi connectivity index (χ0v) is 18.1. The molecule has 1 aromatic carbocycles. The predicted molar refractivity (Wildman–Crippen MR) is 119 cm³/mol. The van der Waals surface area contributed by atoms with Gasteiger partial charge in [-0.25, -0.2) is 4.98 Å². The van der Waals surface area contributed by atoms with Gasteiger partial charge in [0.15, 0.2) is 0 Å². The van der Waals surface area contributed by atoms with Crippen LogP contribution in [0.1, 0.15) is 32.8 Å². The number of aromatic amines is 1. The van der Waals surface area contributed by atoms with Crippen LogP contribution in [0.2, 0.25) is 0 Å². The Hall–Kier alpha value is -3.43. The lowest BCUT2D eigenvalue weighted by Gasteiger charge is -2.26. The molecule has 0 bridgehead atoms. The molecule has 9 heteroatoms. The van der Waals surface area contributed by atoms with Gasteiger partial charge in [0, 0.05) is 23.8 Å². The number of aryl methyl sites for hydroxylation is 1. The van der Waals surface area contributed by atoms with Crippen molar-refractivity contribution in [1.82, 2.24) is 20.5 Å². The molecule has 4 heterocycles. The van der Waals surface area contributed by atoms with Gasteiger partial charge in [-0.05, 0) is 36.2 Å². The number of rotatable bonds is 5. The van der Waals surface area contributed by atoms with E-state index in [-0.39, 0.29) is 5.91 Å². The van der Waals surface area contributed by atoms with Gasteiger partial charge in [-0.15, -0.1) is 11.3 Å². The first-order valence-electron chi connectivity index (χ1n) is 9.76. The van der Waals surface area contributed by atoms with E-state index in [2.05, 4.69) is 25.8 Å². The van der Waals surface area contributed by atoms with Crippen LogP contribution in [0, 0.1) is 6.92 Å². The fraction of sp³-hybridized carbons (Fsp3) is 0.227. The number of amides is 1. The Morgan fingerprint density at radius 1 is 1.16 bits per heavy atom. The van der Waals surface area contributed by atoms with Crippen LogP contribution in [-0.4, -0.2) is 35.3 Å². The van der Waals surface area contributed by atoms with Gasteiger partial charge >= 0.3 is 0 Å². The van der Waals surface area contributed by atoms with E-state index in [0.717, 1.165) is 49.7 Å². The molecule has 5 rings (SSSR count). The Morgan fingerprint density at radius 3 is 2.71 bits per heavy atom. The summed E-state index contributed by atoms with van der Waals surface area (Å²) in [5.41, 5.74) is 5.32. The van der Waals surface area contributed by atoms with Crippen molar-refractivity contribution in [3.8, 4) is 16.9 Å². The van der Waals surface area contributed by atoms with Gasteiger partial charge < -0.3 is 20.1 Å². The van der Waals surface area contributed by atoms with E-state index in [9.17, 15) is 4.79 Å². The van der Waals surface area contributed by atoms with E-state index >= 15 is 0 Å². The molecular weight excluding hydrogens is 414 g/mol. The molecule has 0 fully saturated rings. The van der Waals surface area contributed by atoms with Crippen LogP contribution in [0.4, 0.5) is 5.69 Å². The number of hydrogen-bond donors (Lipinski definition) is 3. The van der Waals surface area contributed by atoms with Gasteiger partial charge in [0.05, 0.1) is 31.3 Å². The van der Waals surface area contributed by atoms with Crippen molar-refractivity contribution in [1.29, 1.82) is 0 Å². The van der Waals surface area contributed by atoms with Crippen LogP contribution in [0.3, 0.4) is 0 Å². The molecule has 0 aliphatic carbocycles. The molecule has 0 saturated carbocycles. The summed E-state index contributed by atoms with van der Waals surface area (Å²) in [7, 11) is 3.30. The molecule has 0 saturated heterocycles. The summed E-state index contributed by atoms with van der Waals surface area (Å²) in [5, 5.41) is 14.7. The monoisotopic (exact) mass is 435 g/mol. The maximum absolute atomic E-state index is 13.0. The topological polar surface area (TPSA) is 101 Å². The van der Waals surface area contributed by atoms with E-state index in [1.807, 2.05) is 37.3 Å². The summed E-state index contributed by atoms with van der Waals surface area (Å²) in [5.74, 6) is 0.638. The van der Waals surface area contributed by atoms with Crippen LogP contribution in [0.25, 0.3) is 21.3 Å².